The quantitative estimate of drug-likeness (QED) is 0.655. The van der Waals surface area contributed by atoms with Crippen LogP contribution in [0.4, 0.5) is 0 Å². The highest BCUT2D eigenvalue weighted by atomic mass is 35.5. The van der Waals surface area contributed by atoms with E-state index in [1.807, 2.05) is 6.07 Å². The second-order valence-corrected chi connectivity index (χ2v) is 2.31. The van der Waals surface area contributed by atoms with E-state index in [4.69, 9.17) is 16.9 Å². The van der Waals surface area contributed by atoms with Crippen molar-refractivity contribution >= 4 is 29.3 Å². The Balaban J connectivity index is 0.00000121. The van der Waals surface area contributed by atoms with Crippen LogP contribution >= 0.6 is 24.0 Å². The van der Waals surface area contributed by atoms with E-state index >= 15 is 0 Å². The van der Waals surface area contributed by atoms with E-state index in [1.54, 1.807) is 12.1 Å². The average molecular weight is 202 g/mol. The van der Waals surface area contributed by atoms with E-state index in [1.165, 1.54) is 12.1 Å². The Morgan fingerprint density at radius 3 is 2.17 bits per heavy atom. The molecule has 0 amide bonds. The number of halogens is 2. The Hall–Kier alpha value is -1.04. The SMILES string of the molecule is Cl.N#Cc1ccc(C(=O)Cl)cc1. The third-order valence-electron chi connectivity index (χ3n) is 1.24. The van der Waals surface area contributed by atoms with Crippen molar-refractivity contribution in [3.63, 3.8) is 0 Å². The third-order valence-corrected chi connectivity index (χ3v) is 1.46. The van der Waals surface area contributed by atoms with Crippen molar-refractivity contribution in [2.45, 2.75) is 0 Å². The van der Waals surface area contributed by atoms with Gasteiger partial charge in [-0.15, -0.1) is 12.4 Å². The maximum absolute atomic E-state index is 10.5. The number of hydrogen-bond acceptors (Lipinski definition) is 2. The van der Waals surface area contributed by atoms with Crippen LogP contribution in [0.15, 0.2) is 24.3 Å². The van der Waals surface area contributed by atoms with E-state index in [2.05, 4.69) is 0 Å². The van der Waals surface area contributed by atoms with Gasteiger partial charge in [-0.1, -0.05) is 0 Å². The zero-order valence-corrected chi connectivity index (χ0v) is 7.52. The van der Waals surface area contributed by atoms with Crippen LogP contribution < -0.4 is 0 Å². The van der Waals surface area contributed by atoms with Gasteiger partial charge >= 0.3 is 0 Å². The Labute approximate surface area is 81.2 Å². The first-order chi connectivity index (χ1) is 5.24. The maximum Gasteiger partial charge on any atom is 0.252 e. The second kappa shape index (κ2) is 4.76. The molecule has 0 radical (unpaired) electrons. The van der Waals surface area contributed by atoms with Crippen LogP contribution in [0.3, 0.4) is 0 Å². The summed E-state index contributed by atoms with van der Waals surface area (Å²) in [5.41, 5.74) is 0.928. The van der Waals surface area contributed by atoms with E-state index in [9.17, 15) is 4.79 Å². The van der Waals surface area contributed by atoms with Gasteiger partial charge in [0.1, 0.15) is 0 Å². The molecule has 0 aliphatic heterocycles. The molecule has 0 aromatic heterocycles. The molecule has 0 N–H and O–H groups in total. The summed E-state index contributed by atoms with van der Waals surface area (Å²) in [7, 11) is 0. The van der Waals surface area contributed by atoms with Crippen molar-refractivity contribution in [3.05, 3.63) is 35.4 Å². The summed E-state index contributed by atoms with van der Waals surface area (Å²) < 4.78 is 0. The summed E-state index contributed by atoms with van der Waals surface area (Å²) in [4.78, 5) is 10.5. The lowest BCUT2D eigenvalue weighted by atomic mass is 10.2. The molecule has 0 heterocycles. The molecule has 0 bridgehead atoms. The van der Waals surface area contributed by atoms with Crippen molar-refractivity contribution in [3.8, 4) is 6.07 Å². The summed E-state index contributed by atoms with van der Waals surface area (Å²) in [5, 5.41) is 7.89. The number of benzene rings is 1. The second-order valence-electron chi connectivity index (χ2n) is 1.96. The minimum absolute atomic E-state index is 0. The van der Waals surface area contributed by atoms with Crippen molar-refractivity contribution < 1.29 is 4.79 Å². The molecule has 1 rings (SSSR count). The summed E-state index contributed by atoms with van der Waals surface area (Å²) in [5.74, 6) is 0. The van der Waals surface area contributed by atoms with Crippen LogP contribution in [0.1, 0.15) is 15.9 Å². The Kier molecular flexibility index (Phi) is 4.35. The van der Waals surface area contributed by atoms with Crippen LogP contribution in [0.2, 0.25) is 0 Å². The molecule has 62 valence electrons. The van der Waals surface area contributed by atoms with Crippen molar-refractivity contribution in [2.75, 3.05) is 0 Å². The van der Waals surface area contributed by atoms with Gasteiger partial charge in [0.05, 0.1) is 11.6 Å². The fraction of sp³-hybridized carbons (Fsp3) is 0. The molecule has 2 nitrogen and oxygen atoms in total. The van der Waals surface area contributed by atoms with Gasteiger partial charge in [-0.2, -0.15) is 5.26 Å². The predicted molar refractivity (Wildman–Crippen MR) is 48.6 cm³/mol. The van der Waals surface area contributed by atoms with E-state index < -0.39 is 5.24 Å². The molecule has 0 aliphatic rings. The van der Waals surface area contributed by atoms with Gasteiger partial charge < -0.3 is 0 Å². The molecule has 12 heavy (non-hydrogen) atoms. The first-order valence-electron chi connectivity index (χ1n) is 2.94. The molecule has 0 spiro atoms. The molecule has 0 aliphatic carbocycles. The minimum Gasteiger partial charge on any atom is -0.276 e. The lowest BCUT2D eigenvalue weighted by Gasteiger charge is -1.91. The highest BCUT2D eigenvalue weighted by Gasteiger charge is 1.99. The lowest BCUT2D eigenvalue weighted by Crippen LogP contribution is -1.87. The monoisotopic (exact) mass is 201 g/mol. The molecule has 0 unspecified atom stereocenters. The number of rotatable bonds is 1. The van der Waals surface area contributed by atoms with Gasteiger partial charge in [-0.3, -0.25) is 4.79 Å². The van der Waals surface area contributed by atoms with Crippen LogP contribution in [0, 0.1) is 11.3 Å². The van der Waals surface area contributed by atoms with Crippen LogP contribution in [-0.4, -0.2) is 5.24 Å². The molecular weight excluding hydrogens is 197 g/mol. The first kappa shape index (κ1) is 11.0. The molecular formula is C8H5Cl2NO. The van der Waals surface area contributed by atoms with Gasteiger partial charge in [-0.05, 0) is 35.9 Å². The maximum atomic E-state index is 10.5. The topological polar surface area (TPSA) is 40.9 Å². The highest BCUT2D eigenvalue weighted by Crippen LogP contribution is 2.05. The van der Waals surface area contributed by atoms with E-state index in [0.717, 1.165) is 0 Å². The summed E-state index contributed by atoms with van der Waals surface area (Å²) in [6.07, 6.45) is 0. The predicted octanol–water partition coefficient (Wildman–Crippen LogP) is 2.36. The standard InChI is InChI=1S/C8H4ClNO.ClH/c9-8(11)7-3-1-6(5-10)2-4-7;/h1-4H;1H. The van der Waals surface area contributed by atoms with E-state index in [-0.39, 0.29) is 12.4 Å². The number of nitriles is 1. The fourth-order valence-corrected chi connectivity index (χ4v) is 0.802. The van der Waals surface area contributed by atoms with Crippen molar-refractivity contribution in [1.29, 1.82) is 5.26 Å². The fourth-order valence-electron chi connectivity index (χ4n) is 0.676. The van der Waals surface area contributed by atoms with Crippen LogP contribution in [0.5, 0.6) is 0 Å². The Bertz CT molecular complexity index is 313. The number of hydrogen-bond donors (Lipinski definition) is 0. The normalized spacial score (nSPS) is 8.00. The smallest absolute Gasteiger partial charge is 0.252 e. The van der Waals surface area contributed by atoms with Gasteiger partial charge in [-0.25, -0.2) is 0 Å². The van der Waals surface area contributed by atoms with Crippen LogP contribution in [0.25, 0.3) is 0 Å². The molecule has 0 atom stereocenters. The zero-order chi connectivity index (χ0) is 8.27. The minimum atomic E-state index is -0.505. The third kappa shape index (κ3) is 2.54. The molecule has 1 aromatic rings. The largest absolute Gasteiger partial charge is 0.276 e. The zero-order valence-electron chi connectivity index (χ0n) is 5.95. The number of carbonyl (C=O) groups is 1. The number of nitrogens with zero attached hydrogens (tertiary/aromatic N) is 1. The molecule has 0 saturated heterocycles. The Morgan fingerprint density at radius 1 is 1.33 bits per heavy atom. The summed E-state index contributed by atoms with van der Waals surface area (Å²) in [6.45, 7) is 0. The van der Waals surface area contributed by atoms with Crippen LogP contribution in [-0.2, 0) is 0 Å². The first-order valence-corrected chi connectivity index (χ1v) is 3.32. The van der Waals surface area contributed by atoms with Gasteiger partial charge in [0.25, 0.3) is 5.24 Å². The van der Waals surface area contributed by atoms with Gasteiger partial charge in [0.2, 0.25) is 0 Å². The van der Waals surface area contributed by atoms with Crippen molar-refractivity contribution in [2.24, 2.45) is 0 Å². The average Bonchev–Trinajstić information content (AvgIpc) is 2.05. The highest BCUT2D eigenvalue weighted by molar-refractivity contribution is 6.67. The van der Waals surface area contributed by atoms with Gasteiger partial charge in [0.15, 0.2) is 0 Å². The lowest BCUT2D eigenvalue weighted by molar-refractivity contribution is 0.108. The summed E-state index contributed by atoms with van der Waals surface area (Å²) in [6, 6.07) is 8.08. The molecule has 4 heteroatoms. The van der Waals surface area contributed by atoms with E-state index in [0.29, 0.717) is 11.1 Å². The summed E-state index contributed by atoms with van der Waals surface area (Å²) >= 11 is 5.18. The number of carbonyl (C=O) groups excluding carboxylic acids is 1. The molecule has 1 aromatic carbocycles. The van der Waals surface area contributed by atoms with Crippen molar-refractivity contribution in [1.82, 2.24) is 0 Å². The van der Waals surface area contributed by atoms with Gasteiger partial charge in [0, 0.05) is 5.56 Å². The Morgan fingerprint density at radius 2 is 1.83 bits per heavy atom. The molecule has 0 fully saturated rings. The molecule has 0 saturated carbocycles.